The number of fused-ring (bicyclic) bond motifs is 1. The molecule has 176 valence electrons. The van der Waals surface area contributed by atoms with Gasteiger partial charge in [0.15, 0.2) is 18.6 Å². The second-order valence-electron chi connectivity index (χ2n) is 8.37. The highest BCUT2D eigenvalue weighted by atomic mass is 31.1. The summed E-state index contributed by atoms with van der Waals surface area (Å²) in [5, 5.41) is 22.7. The van der Waals surface area contributed by atoms with Crippen LogP contribution >= 0.6 is 8.03 Å². The van der Waals surface area contributed by atoms with Gasteiger partial charge in [-0.1, -0.05) is 30.3 Å². The molecule has 2 aliphatic heterocycles. The Balaban J connectivity index is 1.45. The molecule has 0 aliphatic carbocycles. The zero-order valence-corrected chi connectivity index (χ0v) is 19.7. The maximum Gasteiger partial charge on any atom is 0.552 e. The highest BCUT2D eigenvalue weighted by Crippen LogP contribution is 2.41. The molecule has 0 saturated carbocycles. The first-order valence-corrected chi connectivity index (χ1v) is 12.6. The average molecular weight is 481 g/mol. The molecule has 10 heteroatoms. The number of nitrogens with one attached hydrogen (secondary N) is 1. The standard InChI is InChI=1S/C24H26N4O5P/c1-15-21(29)22(30)24(32-15)28-13-19(16-6-4-3-5-7-16)20-12-27(14-25-23(20)28)26-17-8-10-18(11-9-17)33-34(2)31/h3-11,13-15,21-22,24,26,29-30H,12H2,1-2H3/q+1/t15-,21-,22-,24-/m1/s1. The molecule has 3 heterocycles. The zero-order chi connectivity index (χ0) is 23.8. The van der Waals surface area contributed by atoms with Gasteiger partial charge >= 0.3 is 8.03 Å². The van der Waals surface area contributed by atoms with Crippen molar-refractivity contribution in [2.75, 3.05) is 12.1 Å². The summed E-state index contributed by atoms with van der Waals surface area (Å²) in [6.45, 7) is 3.76. The van der Waals surface area contributed by atoms with Crippen molar-refractivity contribution in [3.8, 4) is 16.9 Å². The molecule has 1 saturated heterocycles. The summed E-state index contributed by atoms with van der Waals surface area (Å²) in [4.78, 5) is 4.67. The second kappa shape index (κ2) is 9.19. The lowest BCUT2D eigenvalue weighted by Crippen LogP contribution is -2.31. The van der Waals surface area contributed by atoms with E-state index in [1.165, 1.54) is 6.66 Å². The van der Waals surface area contributed by atoms with Crippen molar-refractivity contribution < 1.29 is 24.0 Å². The minimum absolute atomic E-state index is 0.484. The molecule has 0 bridgehead atoms. The van der Waals surface area contributed by atoms with Crippen LogP contribution < -0.4 is 9.95 Å². The molecule has 1 unspecified atom stereocenters. The Bertz CT molecular complexity index is 1210. The van der Waals surface area contributed by atoms with E-state index in [1.54, 1.807) is 30.0 Å². The van der Waals surface area contributed by atoms with Crippen molar-refractivity contribution in [1.29, 1.82) is 0 Å². The van der Waals surface area contributed by atoms with Gasteiger partial charge in [-0.2, -0.15) is 0 Å². The maximum absolute atomic E-state index is 11.3. The van der Waals surface area contributed by atoms with Crippen LogP contribution in [0, 0.1) is 0 Å². The van der Waals surface area contributed by atoms with Gasteiger partial charge in [0.05, 0.1) is 18.3 Å². The number of anilines is 1. The Kier molecular flexibility index (Phi) is 6.10. The first kappa shape index (κ1) is 22.6. The van der Waals surface area contributed by atoms with Crippen molar-refractivity contribution in [2.24, 2.45) is 4.99 Å². The molecule has 2 aliphatic rings. The minimum atomic E-state index is -1.72. The van der Waals surface area contributed by atoms with Gasteiger partial charge in [-0.25, -0.2) is 4.99 Å². The number of hydrogen-bond acceptors (Lipinski definition) is 8. The third kappa shape index (κ3) is 4.31. The number of ether oxygens (including phenoxy) is 1. The van der Waals surface area contributed by atoms with E-state index >= 15 is 0 Å². The molecule has 9 nitrogen and oxygen atoms in total. The van der Waals surface area contributed by atoms with E-state index in [9.17, 15) is 14.8 Å². The van der Waals surface area contributed by atoms with Crippen LogP contribution in [-0.4, -0.2) is 51.1 Å². The molecule has 0 amide bonds. The normalized spacial score (nSPS) is 24.1. The molecule has 1 aromatic heterocycles. The molecule has 5 atom stereocenters. The van der Waals surface area contributed by atoms with Crippen LogP contribution in [0.4, 0.5) is 11.5 Å². The lowest BCUT2D eigenvalue weighted by Gasteiger charge is -2.26. The third-order valence-corrected chi connectivity index (χ3v) is 6.42. The predicted molar refractivity (Wildman–Crippen MR) is 129 cm³/mol. The summed E-state index contributed by atoms with van der Waals surface area (Å²) < 4.78 is 24.2. The molecule has 34 heavy (non-hydrogen) atoms. The molecule has 1 fully saturated rings. The summed E-state index contributed by atoms with van der Waals surface area (Å²) >= 11 is 0. The highest BCUT2D eigenvalue weighted by Gasteiger charge is 2.42. The van der Waals surface area contributed by atoms with Gasteiger partial charge < -0.3 is 19.5 Å². The van der Waals surface area contributed by atoms with Gasteiger partial charge in [0.2, 0.25) is 0 Å². The Labute approximate surface area is 198 Å². The van der Waals surface area contributed by atoms with E-state index in [-0.39, 0.29) is 0 Å². The molecule has 3 aromatic rings. The Hall–Kier alpha value is -3.23. The second-order valence-corrected chi connectivity index (χ2v) is 9.43. The minimum Gasteiger partial charge on any atom is -0.388 e. The lowest BCUT2D eigenvalue weighted by molar-refractivity contribution is -0.0308. The fraction of sp³-hybridized carbons (Fsp3) is 0.292. The van der Waals surface area contributed by atoms with Crippen LogP contribution in [0.3, 0.4) is 0 Å². The monoisotopic (exact) mass is 481 g/mol. The van der Waals surface area contributed by atoms with Crippen LogP contribution in [0.15, 0.2) is 65.8 Å². The van der Waals surface area contributed by atoms with Gasteiger partial charge in [-0.05, 0) is 41.3 Å². The summed E-state index contributed by atoms with van der Waals surface area (Å²) in [6, 6.07) is 17.1. The van der Waals surface area contributed by atoms with Gasteiger partial charge in [0.25, 0.3) is 0 Å². The Morgan fingerprint density at radius 2 is 1.85 bits per heavy atom. The molecule has 0 spiro atoms. The largest absolute Gasteiger partial charge is 0.552 e. The van der Waals surface area contributed by atoms with Gasteiger partial charge in [0.1, 0.15) is 24.4 Å². The van der Waals surface area contributed by atoms with Crippen molar-refractivity contribution in [3.05, 3.63) is 66.4 Å². The Morgan fingerprint density at radius 3 is 2.50 bits per heavy atom. The number of aliphatic imine (C=N–C) groups is 1. The van der Waals surface area contributed by atoms with Gasteiger partial charge in [-0.3, -0.25) is 15.0 Å². The SMILES string of the molecule is C[C@H]1O[C@@H](n2cc(-c3ccccc3)c3c2N=CN(Nc2ccc(O[P+](C)=O)cc2)C3)[C@H](O)[C@@H]1O. The van der Waals surface area contributed by atoms with Crippen LogP contribution in [-0.2, 0) is 15.8 Å². The van der Waals surface area contributed by atoms with Crippen LogP contribution in [0.2, 0.25) is 0 Å². The molecular weight excluding hydrogens is 455 g/mol. The van der Waals surface area contributed by atoms with E-state index in [0.717, 1.165) is 22.4 Å². The Morgan fingerprint density at radius 1 is 1.12 bits per heavy atom. The predicted octanol–water partition coefficient (Wildman–Crippen LogP) is 4.05. The summed E-state index contributed by atoms with van der Waals surface area (Å²) in [5.41, 5.74) is 7.09. The topological polar surface area (TPSA) is 109 Å². The number of hydrogen-bond donors (Lipinski definition) is 3. The number of rotatable bonds is 6. The molecule has 2 aromatic carbocycles. The number of aromatic nitrogens is 1. The van der Waals surface area contributed by atoms with Gasteiger partial charge in [-0.15, -0.1) is 0 Å². The summed E-state index contributed by atoms with van der Waals surface area (Å²) in [5.74, 6) is 1.22. The van der Waals surface area contributed by atoms with Crippen LogP contribution in [0.1, 0.15) is 18.7 Å². The number of aliphatic hydroxyl groups excluding tert-OH is 2. The van der Waals surface area contributed by atoms with Crippen molar-refractivity contribution in [2.45, 2.75) is 38.0 Å². The van der Waals surface area contributed by atoms with E-state index in [2.05, 4.69) is 10.4 Å². The lowest BCUT2D eigenvalue weighted by atomic mass is 10.0. The van der Waals surface area contributed by atoms with Crippen molar-refractivity contribution in [1.82, 2.24) is 9.58 Å². The molecule has 5 rings (SSSR count). The molecule has 0 radical (unpaired) electrons. The van der Waals surface area contributed by atoms with Crippen LogP contribution in [0.25, 0.3) is 11.1 Å². The van der Waals surface area contributed by atoms with E-state index in [1.807, 2.05) is 53.7 Å². The highest BCUT2D eigenvalue weighted by molar-refractivity contribution is 7.38. The summed E-state index contributed by atoms with van der Waals surface area (Å²) in [7, 11) is -1.72. The average Bonchev–Trinajstić information content (AvgIpc) is 3.33. The van der Waals surface area contributed by atoms with Crippen LogP contribution in [0.5, 0.6) is 5.75 Å². The fourth-order valence-corrected chi connectivity index (χ4v) is 4.70. The number of aliphatic hydroxyl groups is 2. The third-order valence-electron chi connectivity index (χ3n) is 5.95. The van der Waals surface area contributed by atoms with E-state index < -0.39 is 32.6 Å². The first-order chi connectivity index (χ1) is 16.4. The number of hydrazine groups is 1. The summed E-state index contributed by atoms with van der Waals surface area (Å²) in [6.07, 6.45) is 0.374. The smallest absolute Gasteiger partial charge is 0.388 e. The number of nitrogens with zero attached hydrogens (tertiary/aromatic N) is 3. The quantitative estimate of drug-likeness (QED) is 0.456. The maximum atomic E-state index is 11.3. The first-order valence-electron chi connectivity index (χ1n) is 11.0. The van der Waals surface area contributed by atoms with Crippen molar-refractivity contribution >= 4 is 25.9 Å². The number of benzene rings is 2. The zero-order valence-electron chi connectivity index (χ0n) is 18.8. The molecular formula is C24H26N4O5P+. The van der Waals surface area contributed by atoms with E-state index in [4.69, 9.17) is 9.26 Å². The molecule has 3 N–H and O–H groups in total. The van der Waals surface area contributed by atoms with E-state index in [0.29, 0.717) is 18.1 Å². The fourth-order valence-electron chi connectivity index (χ4n) is 4.28. The van der Waals surface area contributed by atoms with Gasteiger partial charge in [0, 0.05) is 17.3 Å². The van der Waals surface area contributed by atoms with Crippen molar-refractivity contribution in [3.63, 3.8) is 0 Å².